The minimum absolute atomic E-state index is 0.305. The summed E-state index contributed by atoms with van der Waals surface area (Å²) in [6.07, 6.45) is 0. The summed E-state index contributed by atoms with van der Waals surface area (Å²) >= 11 is 3.77. The summed E-state index contributed by atoms with van der Waals surface area (Å²) in [5.41, 5.74) is 10.6. The van der Waals surface area contributed by atoms with Crippen LogP contribution in [-0.4, -0.2) is 0 Å². The Morgan fingerprint density at radius 2 is 1.03 bits per heavy atom. The average molecular weight is 445 g/mol. The molecular weight excluding hydrogens is 428 g/mol. The summed E-state index contributed by atoms with van der Waals surface area (Å²) in [6, 6.07) is 38.2. The van der Waals surface area contributed by atoms with Crippen molar-refractivity contribution in [3.63, 3.8) is 0 Å². The molecule has 7 rings (SSSR count). The van der Waals surface area contributed by atoms with Crippen molar-refractivity contribution in [3.05, 3.63) is 130 Å². The van der Waals surface area contributed by atoms with E-state index in [1.54, 1.807) is 0 Å². The van der Waals surface area contributed by atoms with Crippen LogP contribution in [-0.2, 0) is 5.41 Å². The van der Waals surface area contributed by atoms with Gasteiger partial charge in [-0.05, 0) is 67.4 Å². The topological polar surface area (TPSA) is 0 Å². The highest BCUT2D eigenvalue weighted by Gasteiger charge is 2.49. The third-order valence-corrected chi connectivity index (χ3v) is 7.43. The van der Waals surface area contributed by atoms with Crippen LogP contribution in [0.4, 0.5) is 0 Å². The fraction of sp³-hybridized carbons (Fsp3) is 0.0345. The van der Waals surface area contributed by atoms with Crippen LogP contribution in [0.15, 0.2) is 108 Å². The molecule has 0 aromatic heterocycles. The molecule has 0 N–H and O–H groups in total. The maximum absolute atomic E-state index is 3.77. The monoisotopic (exact) mass is 444 g/mol. The van der Waals surface area contributed by atoms with Crippen molar-refractivity contribution in [1.29, 1.82) is 0 Å². The van der Waals surface area contributed by atoms with Gasteiger partial charge < -0.3 is 0 Å². The quantitative estimate of drug-likeness (QED) is 0.222. The molecule has 140 valence electrons. The molecule has 2 aliphatic carbocycles. The minimum Gasteiger partial charge on any atom is -0.0619 e. The van der Waals surface area contributed by atoms with Gasteiger partial charge in [0.15, 0.2) is 0 Å². The fourth-order valence-electron chi connectivity index (χ4n) is 5.90. The lowest BCUT2D eigenvalue weighted by Gasteiger charge is -2.40. The second-order valence-corrected chi connectivity index (χ2v) is 9.16. The molecule has 1 heteroatoms. The molecule has 0 aliphatic heterocycles. The van der Waals surface area contributed by atoms with Gasteiger partial charge in [-0.1, -0.05) is 107 Å². The summed E-state index contributed by atoms with van der Waals surface area (Å²) in [5, 5.41) is 2.68. The molecule has 0 amide bonds. The number of hydrogen-bond acceptors (Lipinski definition) is 0. The van der Waals surface area contributed by atoms with Crippen molar-refractivity contribution in [2.45, 2.75) is 5.41 Å². The summed E-state index contributed by atoms with van der Waals surface area (Å²) in [6.45, 7) is 0. The minimum atomic E-state index is -0.305. The highest BCUT2D eigenvalue weighted by Crippen LogP contribution is 2.61. The normalized spacial score (nSPS) is 17.6. The predicted octanol–water partition coefficient (Wildman–Crippen LogP) is 7.95. The Balaban J connectivity index is 1.80. The molecule has 0 nitrogen and oxygen atoms in total. The van der Waals surface area contributed by atoms with E-state index >= 15 is 0 Å². The van der Waals surface area contributed by atoms with E-state index in [4.69, 9.17) is 0 Å². The van der Waals surface area contributed by atoms with E-state index < -0.39 is 0 Å². The Kier molecular flexibility index (Phi) is 3.16. The van der Waals surface area contributed by atoms with Gasteiger partial charge >= 0.3 is 0 Å². The van der Waals surface area contributed by atoms with Crippen LogP contribution in [0, 0.1) is 0 Å². The van der Waals surface area contributed by atoms with E-state index in [2.05, 4.69) is 119 Å². The lowest BCUT2D eigenvalue weighted by molar-refractivity contribution is 0.773. The Labute approximate surface area is 184 Å². The first kappa shape index (κ1) is 16.6. The zero-order chi connectivity index (χ0) is 19.9. The molecule has 0 saturated carbocycles. The number of benzene rings is 5. The SMILES string of the molecule is Brc1ccc2c(c1)C1(c3ccccc3-2)c2ccccc2-c2cccc3cccc1c23. The molecular formula is C29H17Br. The van der Waals surface area contributed by atoms with Crippen LogP contribution >= 0.6 is 15.9 Å². The first-order chi connectivity index (χ1) is 14.8. The number of rotatable bonds is 0. The zero-order valence-corrected chi connectivity index (χ0v) is 17.8. The Morgan fingerprint density at radius 1 is 0.467 bits per heavy atom. The molecule has 5 aromatic carbocycles. The van der Waals surface area contributed by atoms with Crippen LogP contribution in [0.2, 0.25) is 0 Å². The molecule has 2 aliphatic rings. The van der Waals surface area contributed by atoms with Crippen molar-refractivity contribution in [1.82, 2.24) is 0 Å². The van der Waals surface area contributed by atoms with E-state index in [0.29, 0.717) is 0 Å². The van der Waals surface area contributed by atoms with Gasteiger partial charge in [0, 0.05) is 4.47 Å². The summed E-state index contributed by atoms with van der Waals surface area (Å²) in [5.74, 6) is 0. The number of fused-ring (bicyclic) bond motifs is 9. The van der Waals surface area contributed by atoms with Gasteiger partial charge in [0.1, 0.15) is 0 Å². The molecule has 0 heterocycles. The van der Waals surface area contributed by atoms with Crippen LogP contribution in [0.3, 0.4) is 0 Å². The standard InChI is InChI=1S/C29H17Br/c30-19-15-16-22-20-9-1-3-12-24(20)29(27(22)17-19)25-13-4-2-10-21(25)23-11-5-7-18-8-6-14-26(29)28(18)23/h1-17H. The Hall–Kier alpha value is -3.16. The third-order valence-electron chi connectivity index (χ3n) is 6.94. The molecule has 1 unspecified atom stereocenters. The van der Waals surface area contributed by atoms with Gasteiger partial charge in [-0.2, -0.15) is 0 Å². The summed E-state index contributed by atoms with van der Waals surface area (Å²) in [4.78, 5) is 0. The van der Waals surface area contributed by atoms with Crippen molar-refractivity contribution in [3.8, 4) is 22.3 Å². The fourth-order valence-corrected chi connectivity index (χ4v) is 6.26. The Morgan fingerprint density at radius 3 is 1.80 bits per heavy atom. The molecule has 0 fully saturated rings. The lowest BCUT2D eigenvalue weighted by atomic mass is 9.61. The highest BCUT2D eigenvalue weighted by molar-refractivity contribution is 9.10. The molecule has 1 atom stereocenters. The van der Waals surface area contributed by atoms with E-state index in [1.807, 2.05) is 0 Å². The van der Waals surface area contributed by atoms with Gasteiger partial charge in [0.05, 0.1) is 5.41 Å². The molecule has 30 heavy (non-hydrogen) atoms. The lowest BCUT2D eigenvalue weighted by Crippen LogP contribution is -2.31. The van der Waals surface area contributed by atoms with Crippen molar-refractivity contribution in [2.24, 2.45) is 0 Å². The Bertz CT molecular complexity index is 1510. The summed E-state index contributed by atoms with van der Waals surface area (Å²) < 4.78 is 1.12. The average Bonchev–Trinajstić information content (AvgIpc) is 3.08. The first-order valence-electron chi connectivity index (χ1n) is 10.3. The van der Waals surface area contributed by atoms with Gasteiger partial charge in [-0.3, -0.25) is 0 Å². The highest BCUT2D eigenvalue weighted by atomic mass is 79.9. The molecule has 0 saturated heterocycles. The van der Waals surface area contributed by atoms with Gasteiger partial charge in [-0.15, -0.1) is 0 Å². The van der Waals surface area contributed by atoms with Gasteiger partial charge in [-0.25, -0.2) is 0 Å². The maximum Gasteiger partial charge on any atom is 0.0726 e. The van der Waals surface area contributed by atoms with Crippen LogP contribution < -0.4 is 0 Å². The molecule has 5 aromatic rings. The second-order valence-electron chi connectivity index (χ2n) is 8.24. The first-order valence-corrected chi connectivity index (χ1v) is 11.1. The second kappa shape index (κ2) is 5.71. The van der Waals surface area contributed by atoms with Gasteiger partial charge in [0.25, 0.3) is 0 Å². The van der Waals surface area contributed by atoms with Crippen LogP contribution in [0.1, 0.15) is 22.3 Å². The smallest absolute Gasteiger partial charge is 0.0619 e. The predicted molar refractivity (Wildman–Crippen MR) is 128 cm³/mol. The van der Waals surface area contributed by atoms with E-state index in [1.165, 1.54) is 55.3 Å². The third kappa shape index (κ3) is 1.83. The summed E-state index contributed by atoms with van der Waals surface area (Å²) in [7, 11) is 0. The molecule has 0 bridgehead atoms. The van der Waals surface area contributed by atoms with E-state index in [9.17, 15) is 0 Å². The zero-order valence-electron chi connectivity index (χ0n) is 16.2. The number of halogens is 1. The van der Waals surface area contributed by atoms with Gasteiger partial charge in [0.2, 0.25) is 0 Å². The van der Waals surface area contributed by atoms with Crippen molar-refractivity contribution >= 4 is 26.7 Å². The van der Waals surface area contributed by atoms with Crippen LogP contribution in [0.25, 0.3) is 33.0 Å². The van der Waals surface area contributed by atoms with Crippen molar-refractivity contribution in [2.75, 3.05) is 0 Å². The van der Waals surface area contributed by atoms with Crippen LogP contribution in [0.5, 0.6) is 0 Å². The van der Waals surface area contributed by atoms with E-state index in [-0.39, 0.29) is 5.41 Å². The molecule has 0 radical (unpaired) electrons. The maximum atomic E-state index is 3.77. The largest absolute Gasteiger partial charge is 0.0726 e. The molecule has 1 spiro atoms. The van der Waals surface area contributed by atoms with Crippen molar-refractivity contribution < 1.29 is 0 Å². The number of hydrogen-bond donors (Lipinski definition) is 0. The van der Waals surface area contributed by atoms with E-state index in [0.717, 1.165) is 4.47 Å².